The number of non-ortho nitro benzene ring substituents is 3. The molecule has 4 atom stereocenters. The van der Waals surface area contributed by atoms with Crippen LogP contribution in [0.3, 0.4) is 0 Å². The standard InChI is InChI=1S/C36H41N7O10.C29H38N6O6.C13H8N2O7.4H2S/c1-36(2,3)53-34(47)42-30(19-23-20-39-28-8-5-4-7-27(23)28)32(45)41-29(9-6-18-38-33(37)46)31(44)40-24-12-10-22(11-13-24)21-51-35(48)52-26-16-14-25(15-17-26)43(49)50;1-29(2,3)41-28(40)35-24(15-19-16-32-22-8-5-4-7-21(19)22)26(38)34-23(9-6-14-31-27(30)39)25(37)33-20-12-10-18(17-36)11-13-20;16-13(21-11-5-1-9(2-6-11)14(17)18)22-12-7-3-10(4-8-12)15(19)20;;;;/h4-5,7-8,10-17,20,29-30,39H,6,9,18-19,21H2,1-3H3,(H,40,44)(H,41,45)(H,42,47)(H3,37,38,46);4-5,7-8,10-13,16,23-24,32,36H,6,9,14-15,17H2,1-3H3,(H,33,37)(H,34,38)(H,35,40)(H3,30,31,39);1-8H;4*1H2/t29-,30-;23-,24-;;;;;/m00...../s1. The molecule has 9 aromatic rings. The van der Waals surface area contributed by atoms with Crippen molar-refractivity contribution in [3.63, 3.8) is 0 Å². The van der Waals surface area contributed by atoms with Crippen LogP contribution in [-0.4, -0.2) is 138 Å². The molecule has 0 unspecified atom stereocenters. The molecule has 0 fully saturated rings. The Bertz CT molecular complexity index is 4880. The topological polar surface area (TPSA) is 556 Å². The van der Waals surface area contributed by atoms with E-state index in [4.69, 9.17) is 39.9 Å². The highest BCUT2D eigenvalue weighted by atomic mass is 32.1. The molecule has 0 radical (unpaired) electrons. The summed E-state index contributed by atoms with van der Waals surface area (Å²) in [6.07, 6.45) is 0.972. The van der Waals surface area contributed by atoms with Crippen LogP contribution in [-0.2, 0) is 59.4 Å². The first-order valence-corrected chi connectivity index (χ1v) is 35.7. The number of aliphatic hydroxyl groups excluding tert-OH is 1. The Balaban J connectivity index is 0.000000493. The van der Waals surface area contributed by atoms with E-state index >= 15 is 0 Å². The van der Waals surface area contributed by atoms with Crippen LogP contribution in [0.5, 0.6) is 17.2 Å². The third-order valence-corrected chi connectivity index (χ3v) is 16.1. The van der Waals surface area contributed by atoms with E-state index in [9.17, 15) is 83.4 Å². The molecule has 0 aliphatic rings. The molecule has 7 aromatic carbocycles. The lowest BCUT2D eigenvalue weighted by atomic mass is 10.0. The van der Waals surface area contributed by atoms with Gasteiger partial charge in [0.05, 0.1) is 21.4 Å². The SMILES string of the molecule is CC(C)(C)OC(=O)N[C@@H](Cc1c[nH]c2ccccc12)C(=O)N[C@@H](CCCNC(N)=O)C(=O)Nc1ccc(CO)cc1.CC(C)(C)OC(=O)N[C@@H](Cc1c[nH]c2ccccc12)C(=O)N[C@@H](CCCNC(N)=O)C(=O)Nc1ccc(COC(=O)Oc2ccc([N+](=O)[O-])cc2)cc1.O=C(Oc1ccc([N+](=O)[O-])cc1)Oc1ccc([N+](=O)[O-])cc1.S.S.S.S. The number of ether oxygens (including phenoxy) is 6. The number of aromatic nitrogens is 2. The molecule has 120 heavy (non-hydrogen) atoms. The molecule has 10 amide bonds. The Morgan fingerprint density at radius 3 is 1.09 bits per heavy atom. The molecule has 0 saturated carbocycles. The predicted octanol–water partition coefficient (Wildman–Crippen LogP) is 11.0. The normalized spacial score (nSPS) is 11.5. The number of rotatable bonds is 31. The van der Waals surface area contributed by atoms with Gasteiger partial charge in [-0.25, -0.2) is 28.8 Å². The number of primary amides is 2. The van der Waals surface area contributed by atoms with Gasteiger partial charge in [-0.2, -0.15) is 54.0 Å². The van der Waals surface area contributed by atoms with Crippen molar-refractivity contribution in [3.05, 3.63) is 235 Å². The number of nitrogens with two attached hydrogens (primary N) is 2. The largest absolute Gasteiger partial charge is 0.519 e. The molecule has 9 rings (SSSR count). The Hall–Kier alpha value is -13.3. The second-order valence-corrected chi connectivity index (χ2v) is 27.4. The Morgan fingerprint density at radius 2 is 0.767 bits per heavy atom. The van der Waals surface area contributed by atoms with Crippen molar-refractivity contribution in [2.24, 2.45) is 11.5 Å². The third kappa shape index (κ3) is 34.9. The Kier molecular flexibility index (Phi) is 41.2. The maximum atomic E-state index is 13.8. The number of hydrogen-bond acceptors (Lipinski definition) is 23. The third-order valence-electron chi connectivity index (χ3n) is 16.1. The first-order chi connectivity index (χ1) is 55.1. The van der Waals surface area contributed by atoms with E-state index in [2.05, 4.69) is 52.5 Å². The van der Waals surface area contributed by atoms with Gasteiger partial charge in [0.1, 0.15) is 59.2 Å². The quantitative estimate of drug-likeness (QED) is 0.00479. The number of benzene rings is 7. The molecule has 42 heteroatoms. The summed E-state index contributed by atoms with van der Waals surface area (Å²) in [6.45, 7) is 10.3. The molecule has 2 heterocycles. The van der Waals surface area contributed by atoms with Gasteiger partial charge in [0.15, 0.2) is 0 Å². The van der Waals surface area contributed by atoms with Crippen LogP contribution in [0.25, 0.3) is 21.8 Å². The summed E-state index contributed by atoms with van der Waals surface area (Å²) in [5, 5.41) is 64.0. The van der Waals surface area contributed by atoms with E-state index in [1.165, 1.54) is 72.8 Å². The first-order valence-electron chi connectivity index (χ1n) is 35.7. The molecule has 2 aromatic heterocycles. The van der Waals surface area contributed by atoms with Crippen molar-refractivity contribution in [1.82, 2.24) is 41.9 Å². The summed E-state index contributed by atoms with van der Waals surface area (Å²) in [5.74, 6) is -2.09. The molecule has 0 aliphatic heterocycles. The zero-order chi connectivity index (χ0) is 84.7. The smallest absolute Gasteiger partial charge is 0.444 e. The number of nitrogens with zero attached hydrogens (tertiary/aromatic N) is 3. The zero-order valence-electron chi connectivity index (χ0n) is 65.6. The number of aliphatic hydroxyl groups is 1. The van der Waals surface area contributed by atoms with Crippen LogP contribution in [0, 0.1) is 30.3 Å². The van der Waals surface area contributed by atoms with Crippen LogP contribution in [0.1, 0.15) is 89.5 Å². The predicted molar refractivity (Wildman–Crippen MR) is 462 cm³/mol. The van der Waals surface area contributed by atoms with Gasteiger partial charge in [-0.15, -0.1) is 0 Å². The van der Waals surface area contributed by atoms with Gasteiger partial charge in [0.25, 0.3) is 17.1 Å². The number of carbonyl (C=O) groups excluding carboxylic acids is 10. The number of alkyl carbamates (subject to hydrolysis) is 2. The summed E-state index contributed by atoms with van der Waals surface area (Å²) in [5.41, 5.74) is 13.6. The van der Waals surface area contributed by atoms with E-state index in [0.29, 0.717) is 28.9 Å². The first kappa shape index (κ1) is 101. The number of urea groups is 2. The van der Waals surface area contributed by atoms with E-state index in [0.717, 1.165) is 32.9 Å². The maximum absolute atomic E-state index is 13.8. The van der Waals surface area contributed by atoms with Crippen molar-refractivity contribution in [3.8, 4) is 17.2 Å². The van der Waals surface area contributed by atoms with Crippen LogP contribution in [0.4, 0.5) is 57.2 Å². The van der Waals surface area contributed by atoms with Gasteiger partial charge >= 0.3 is 36.6 Å². The van der Waals surface area contributed by atoms with Crippen molar-refractivity contribution in [1.29, 1.82) is 0 Å². The van der Waals surface area contributed by atoms with Crippen molar-refractivity contribution < 1.29 is 96.2 Å². The second-order valence-electron chi connectivity index (χ2n) is 27.4. The minimum absolute atomic E-state index is 0. The number of nitro groups is 3. The van der Waals surface area contributed by atoms with Gasteiger partial charge < -0.3 is 97.5 Å². The van der Waals surface area contributed by atoms with Crippen molar-refractivity contribution in [2.45, 2.75) is 129 Å². The fourth-order valence-electron chi connectivity index (χ4n) is 10.7. The summed E-state index contributed by atoms with van der Waals surface area (Å²) in [6, 6.07) is 36.9. The highest BCUT2D eigenvalue weighted by molar-refractivity contribution is 7.59. The molecule has 0 spiro atoms. The lowest BCUT2D eigenvalue weighted by Gasteiger charge is -2.25. The molecule has 644 valence electrons. The average molecular weight is 1740 g/mol. The van der Waals surface area contributed by atoms with E-state index in [1.807, 2.05) is 48.5 Å². The Morgan fingerprint density at radius 1 is 0.433 bits per heavy atom. The van der Waals surface area contributed by atoms with E-state index in [-0.39, 0.29) is 147 Å². The minimum atomic E-state index is -1.13. The van der Waals surface area contributed by atoms with Gasteiger partial charge in [0, 0.05) is 108 Å². The van der Waals surface area contributed by atoms with Gasteiger partial charge in [-0.3, -0.25) is 49.5 Å². The number of hydrogen-bond donors (Lipinski definition) is 13. The van der Waals surface area contributed by atoms with Gasteiger partial charge in [-0.1, -0.05) is 60.7 Å². The number of aromatic amines is 2. The number of nitrogens with one attached hydrogen (secondary N) is 10. The Labute approximate surface area is 714 Å². The fourth-order valence-corrected chi connectivity index (χ4v) is 10.7. The second kappa shape index (κ2) is 49.0. The van der Waals surface area contributed by atoms with Gasteiger partial charge in [0.2, 0.25) is 23.6 Å². The number of nitro benzene ring substituents is 3. The number of H-pyrrole nitrogens is 2. The van der Waals surface area contributed by atoms with E-state index < -0.39 is 110 Å². The number of amides is 10. The fraction of sp³-hybridized carbons (Fsp3) is 0.282. The van der Waals surface area contributed by atoms with E-state index in [1.54, 1.807) is 102 Å². The molecule has 0 bridgehead atoms. The van der Waals surface area contributed by atoms with Crippen LogP contribution >= 0.6 is 54.0 Å². The monoisotopic (exact) mass is 1740 g/mol. The lowest BCUT2D eigenvalue weighted by molar-refractivity contribution is -0.385. The lowest BCUT2D eigenvalue weighted by Crippen LogP contribution is -2.54. The number of para-hydroxylation sites is 2. The molecule has 38 nitrogen and oxygen atoms in total. The molecule has 0 saturated heterocycles. The summed E-state index contributed by atoms with van der Waals surface area (Å²) < 4.78 is 30.6. The zero-order valence-corrected chi connectivity index (χ0v) is 69.6. The van der Waals surface area contributed by atoms with Crippen molar-refractivity contribution in [2.75, 3.05) is 23.7 Å². The minimum Gasteiger partial charge on any atom is -0.444 e. The van der Waals surface area contributed by atoms with Gasteiger partial charge in [-0.05, 0) is 162 Å². The molecule has 0 aliphatic carbocycles. The number of anilines is 2. The summed E-state index contributed by atoms with van der Waals surface area (Å²) in [7, 11) is 0. The highest BCUT2D eigenvalue weighted by Crippen LogP contribution is 2.26. The number of fused-ring (bicyclic) bond motifs is 2. The summed E-state index contributed by atoms with van der Waals surface area (Å²) >= 11 is 0. The van der Waals surface area contributed by atoms with Crippen LogP contribution in [0.15, 0.2) is 182 Å². The molecular formula is C78H95N15O23S4. The highest BCUT2D eigenvalue weighted by Gasteiger charge is 2.32. The van der Waals surface area contributed by atoms with Crippen molar-refractivity contribution >= 4 is 164 Å². The number of carbonyl (C=O) groups is 10. The maximum Gasteiger partial charge on any atom is 0.519 e. The molecule has 15 N–H and O–H groups in total. The van der Waals surface area contributed by atoms with Crippen LogP contribution < -0.4 is 68.2 Å². The summed E-state index contributed by atoms with van der Waals surface area (Å²) in [4.78, 5) is 162. The average Bonchev–Trinajstić information content (AvgIpc) is 1.76. The van der Waals surface area contributed by atoms with Crippen LogP contribution in [0.2, 0.25) is 0 Å². The molecular weight excluding hydrogens is 1640 g/mol.